The number of thiazole rings is 1. The summed E-state index contributed by atoms with van der Waals surface area (Å²) in [5, 5.41) is 9.21. The molecule has 1 aliphatic carbocycles. The molecule has 0 spiro atoms. The molecule has 33 heavy (non-hydrogen) atoms. The van der Waals surface area contributed by atoms with Crippen LogP contribution in [0.1, 0.15) is 42.1 Å². The monoisotopic (exact) mass is 466 g/mol. The van der Waals surface area contributed by atoms with Crippen LogP contribution in [-0.4, -0.2) is 35.2 Å². The van der Waals surface area contributed by atoms with Crippen molar-refractivity contribution in [1.82, 2.24) is 14.9 Å². The third kappa shape index (κ3) is 4.45. The zero-order valence-electron chi connectivity index (χ0n) is 18.8. The van der Waals surface area contributed by atoms with Crippen LogP contribution in [0.5, 0.6) is 0 Å². The minimum absolute atomic E-state index is 0.0647. The van der Waals surface area contributed by atoms with Crippen molar-refractivity contribution in [3.05, 3.63) is 70.3 Å². The second kappa shape index (κ2) is 8.76. The smallest absolute Gasteiger partial charge is 0.253 e. The van der Waals surface area contributed by atoms with Crippen LogP contribution >= 0.6 is 11.3 Å². The summed E-state index contributed by atoms with van der Waals surface area (Å²) in [6.07, 6.45) is 7.05. The van der Waals surface area contributed by atoms with Gasteiger partial charge in [-0.25, -0.2) is 9.37 Å². The highest BCUT2D eigenvalue weighted by Gasteiger charge is 2.35. The number of halogens is 1. The van der Waals surface area contributed by atoms with E-state index in [9.17, 15) is 9.18 Å². The van der Waals surface area contributed by atoms with Crippen molar-refractivity contribution < 1.29 is 13.9 Å². The van der Waals surface area contributed by atoms with Crippen LogP contribution in [0.2, 0.25) is 0 Å². The third-order valence-electron chi connectivity index (χ3n) is 6.43. The zero-order valence-corrected chi connectivity index (χ0v) is 19.6. The molecule has 1 saturated carbocycles. The Bertz CT molecular complexity index is 1220. The van der Waals surface area contributed by atoms with Crippen molar-refractivity contribution in [3.63, 3.8) is 0 Å². The van der Waals surface area contributed by atoms with Gasteiger partial charge in [-0.3, -0.25) is 4.79 Å². The van der Waals surface area contributed by atoms with Gasteiger partial charge in [0, 0.05) is 29.0 Å². The molecular weight excluding hydrogens is 439 g/mol. The minimum atomic E-state index is -0.217. The van der Waals surface area contributed by atoms with Gasteiger partial charge in [0.1, 0.15) is 5.82 Å². The average Bonchev–Trinajstić information content (AvgIpc) is 3.41. The van der Waals surface area contributed by atoms with Gasteiger partial charge in [-0.05, 0) is 68.5 Å². The number of benzene rings is 1. The molecule has 1 saturated heterocycles. The first-order valence-electron chi connectivity index (χ1n) is 11.2. The molecule has 2 aromatic heterocycles. The van der Waals surface area contributed by atoms with Crippen molar-refractivity contribution in [2.75, 3.05) is 25.1 Å². The van der Waals surface area contributed by atoms with Crippen LogP contribution in [0.4, 0.5) is 9.52 Å². The SMILES string of the molecule is Cc1cc(-c2csc(NC(CNC(=O)c3ccn(C4(C)COC4)c3)=C3CCC3)n2)ccc1F. The standard InChI is InChI=1S/C25H27FN4O2S/c1-16-10-18(6-7-20(16)26)22-13-33-24(29-22)28-21(17-4-3-5-17)11-27-23(31)19-8-9-30(12-19)25(2)14-32-15-25/h6-10,12-13H,3-5,11,14-15H2,1-2H3,(H,27,31)(H,28,29). The summed E-state index contributed by atoms with van der Waals surface area (Å²) < 4.78 is 21.0. The lowest BCUT2D eigenvalue weighted by Crippen LogP contribution is -2.48. The molecular formula is C25H27FN4O2S. The third-order valence-corrected chi connectivity index (χ3v) is 7.19. The molecule has 0 atom stereocenters. The zero-order chi connectivity index (χ0) is 23.0. The number of rotatable bonds is 7. The Labute approximate surface area is 196 Å². The lowest BCUT2D eigenvalue weighted by molar-refractivity contribution is -0.0895. The van der Waals surface area contributed by atoms with E-state index in [1.54, 1.807) is 13.0 Å². The molecule has 2 fully saturated rings. The number of anilines is 1. The maximum absolute atomic E-state index is 13.6. The molecule has 1 aromatic carbocycles. The molecule has 6 nitrogen and oxygen atoms in total. The first kappa shape index (κ1) is 21.9. The fraction of sp³-hybridized carbons (Fsp3) is 0.360. The van der Waals surface area contributed by atoms with Crippen LogP contribution in [-0.2, 0) is 10.3 Å². The molecule has 2 aliphatic rings. The van der Waals surface area contributed by atoms with Crippen LogP contribution in [0.15, 0.2) is 53.3 Å². The molecule has 3 heterocycles. The van der Waals surface area contributed by atoms with Crippen LogP contribution in [0.25, 0.3) is 11.3 Å². The number of aromatic nitrogens is 2. The van der Waals surface area contributed by atoms with Crippen LogP contribution in [0.3, 0.4) is 0 Å². The molecule has 0 bridgehead atoms. The van der Waals surface area contributed by atoms with Crippen molar-refractivity contribution in [1.29, 1.82) is 0 Å². The van der Waals surface area contributed by atoms with E-state index in [4.69, 9.17) is 4.74 Å². The van der Waals surface area contributed by atoms with Crippen LogP contribution in [0, 0.1) is 12.7 Å². The number of ether oxygens (including phenoxy) is 1. The molecule has 3 aromatic rings. The number of hydrogen-bond donors (Lipinski definition) is 2. The van der Waals surface area contributed by atoms with Crippen molar-refractivity contribution in [3.8, 4) is 11.3 Å². The average molecular weight is 467 g/mol. The van der Waals surface area contributed by atoms with E-state index < -0.39 is 0 Å². The van der Waals surface area contributed by atoms with E-state index in [-0.39, 0.29) is 17.3 Å². The van der Waals surface area contributed by atoms with E-state index in [0.29, 0.717) is 30.9 Å². The molecule has 0 radical (unpaired) electrons. The molecule has 5 rings (SSSR count). The van der Waals surface area contributed by atoms with E-state index in [1.165, 1.54) is 23.0 Å². The summed E-state index contributed by atoms with van der Waals surface area (Å²) in [6.45, 7) is 5.62. The fourth-order valence-corrected chi connectivity index (χ4v) is 4.74. The predicted octanol–water partition coefficient (Wildman–Crippen LogP) is 5.08. The Hall–Kier alpha value is -2.97. The summed E-state index contributed by atoms with van der Waals surface area (Å²) in [6, 6.07) is 6.87. The highest BCUT2D eigenvalue weighted by atomic mass is 32.1. The van der Waals surface area contributed by atoms with Gasteiger partial charge >= 0.3 is 0 Å². The second-order valence-electron chi connectivity index (χ2n) is 9.04. The number of amides is 1. The highest BCUT2D eigenvalue weighted by molar-refractivity contribution is 7.14. The van der Waals surface area contributed by atoms with Gasteiger partial charge in [-0.15, -0.1) is 11.3 Å². The Balaban J connectivity index is 1.25. The van der Waals surface area contributed by atoms with Gasteiger partial charge in [0.05, 0.1) is 36.6 Å². The van der Waals surface area contributed by atoms with E-state index in [2.05, 4.69) is 27.1 Å². The summed E-state index contributed by atoms with van der Waals surface area (Å²) in [7, 11) is 0. The Morgan fingerprint density at radius 2 is 2.12 bits per heavy atom. The van der Waals surface area contributed by atoms with E-state index >= 15 is 0 Å². The Morgan fingerprint density at radius 1 is 1.30 bits per heavy atom. The molecule has 172 valence electrons. The lowest BCUT2D eigenvalue weighted by Gasteiger charge is -2.39. The van der Waals surface area contributed by atoms with Gasteiger partial charge in [0.2, 0.25) is 0 Å². The van der Waals surface area contributed by atoms with Crippen LogP contribution < -0.4 is 10.6 Å². The number of hydrogen-bond acceptors (Lipinski definition) is 5. The molecule has 8 heteroatoms. The second-order valence-corrected chi connectivity index (χ2v) is 9.90. The minimum Gasteiger partial charge on any atom is -0.376 e. The molecule has 0 unspecified atom stereocenters. The van der Waals surface area contributed by atoms with E-state index in [1.807, 2.05) is 29.9 Å². The maximum atomic E-state index is 13.6. The Morgan fingerprint density at radius 3 is 2.79 bits per heavy atom. The number of nitrogens with one attached hydrogen (secondary N) is 2. The summed E-state index contributed by atoms with van der Waals surface area (Å²) in [5.74, 6) is -0.316. The number of allylic oxidation sites excluding steroid dienone is 1. The van der Waals surface area contributed by atoms with Crippen molar-refractivity contribution >= 4 is 22.4 Å². The quantitative estimate of drug-likeness (QED) is 0.509. The molecule has 1 amide bonds. The maximum Gasteiger partial charge on any atom is 0.253 e. The van der Waals surface area contributed by atoms with E-state index in [0.717, 1.165) is 41.3 Å². The topological polar surface area (TPSA) is 68.2 Å². The molecule has 1 aliphatic heterocycles. The number of carbonyl (C=O) groups is 1. The van der Waals surface area contributed by atoms with Crippen molar-refractivity contribution in [2.24, 2.45) is 0 Å². The number of aryl methyl sites for hydroxylation is 1. The largest absolute Gasteiger partial charge is 0.376 e. The first-order chi connectivity index (χ1) is 15.9. The van der Waals surface area contributed by atoms with Gasteiger partial charge in [0.25, 0.3) is 5.91 Å². The van der Waals surface area contributed by atoms with Crippen molar-refractivity contribution in [2.45, 2.75) is 38.6 Å². The fourth-order valence-electron chi connectivity index (χ4n) is 3.99. The number of nitrogens with zero attached hydrogens (tertiary/aromatic N) is 2. The predicted molar refractivity (Wildman–Crippen MR) is 128 cm³/mol. The number of carbonyl (C=O) groups excluding carboxylic acids is 1. The first-order valence-corrected chi connectivity index (χ1v) is 12.0. The lowest BCUT2D eigenvalue weighted by atomic mass is 9.90. The molecule has 2 N–H and O–H groups in total. The summed E-state index contributed by atoms with van der Waals surface area (Å²) in [4.78, 5) is 17.5. The summed E-state index contributed by atoms with van der Waals surface area (Å²) in [5.41, 5.74) is 5.20. The summed E-state index contributed by atoms with van der Waals surface area (Å²) >= 11 is 1.50. The van der Waals surface area contributed by atoms with Gasteiger partial charge < -0.3 is 19.9 Å². The van der Waals surface area contributed by atoms with Gasteiger partial charge in [-0.1, -0.05) is 0 Å². The van der Waals surface area contributed by atoms with Gasteiger partial charge in [-0.2, -0.15) is 0 Å². The Kier molecular flexibility index (Phi) is 5.80. The van der Waals surface area contributed by atoms with Gasteiger partial charge in [0.15, 0.2) is 5.13 Å². The highest BCUT2D eigenvalue weighted by Crippen LogP contribution is 2.32. The normalized spacial score (nSPS) is 16.6.